The van der Waals surface area contributed by atoms with Crippen LogP contribution in [0.5, 0.6) is 0 Å². The third-order valence-electron chi connectivity index (χ3n) is 3.90. The minimum atomic E-state index is -0.105. The summed E-state index contributed by atoms with van der Waals surface area (Å²) < 4.78 is 4.82. The van der Waals surface area contributed by atoms with E-state index in [1.165, 1.54) is 13.7 Å². The molecule has 4 nitrogen and oxygen atoms in total. The lowest BCUT2D eigenvalue weighted by Crippen LogP contribution is -2.52. The molecule has 1 aliphatic heterocycles. The molecule has 0 aromatic carbocycles. The third kappa shape index (κ3) is 4.25. The molecule has 0 amide bonds. The molecule has 0 bridgehead atoms. The maximum absolute atomic E-state index is 11.5. The van der Waals surface area contributed by atoms with Crippen molar-refractivity contribution in [3.05, 3.63) is 0 Å². The molecular weight excluding hydrogens is 228 g/mol. The highest BCUT2D eigenvalue weighted by atomic mass is 16.5. The lowest BCUT2D eigenvalue weighted by atomic mass is 10.0. The molecular formula is C14H28N2O2. The molecule has 1 saturated heterocycles. The van der Waals surface area contributed by atoms with E-state index in [4.69, 9.17) is 4.74 Å². The number of rotatable bonds is 5. The van der Waals surface area contributed by atoms with Crippen LogP contribution in [0.25, 0.3) is 0 Å². The summed E-state index contributed by atoms with van der Waals surface area (Å²) in [6.07, 6.45) is 0. The topological polar surface area (TPSA) is 32.8 Å². The van der Waals surface area contributed by atoms with Crippen LogP contribution in [0.15, 0.2) is 0 Å². The van der Waals surface area contributed by atoms with E-state index in [0.29, 0.717) is 0 Å². The van der Waals surface area contributed by atoms with E-state index < -0.39 is 0 Å². The van der Waals surface area contributed by atoms with Crippen molar-refractivity contribution in [2.45, 2.75) is 33.7 Å². The molecule has 2 atom stereocenters. The molecule has 1 fully saturated rings. The number of ether oxygens (including phenoxy) is 1. The zero-order chi connectivity index (χ0) is 13.7. The number of hydrogen-bond acceptors (Lipinski definition) is 4. The van der Waals surface area contributed by atoms with Gasteiger partial charge in [0.1, 0.15) is 0 Å². The average Bonchev–Trinajstić information content (AvgIpc) is 2.36. The van der Waals surface area contributed by atoms with Gasteiger partial charge in [0, 0.05) is 38.8 Å². The van der Waals surface area contributed by atoms with Gasteiger partial charge in [-0.15, -0.1) is 0 Å². The lowest BCUT2D eigenvalue weighted by Gasteiger charge is -2.40. The van der Waals surface area contributed by atoms with Gasteiger partial charge in [-0.05, 0) is 12.8 Å². The largest absolute Gasteiger partial charge is 0.469 e. The summed E-state index contributed by atoms with van der Waals surface area (Å²) in [4.78, 5) is 16.5. The molecule has 0 aromatic rings. The van der Waals surface area contributed by atoms with Crippen LogP contribution < -0.4 is 0 Å². The van der Waals surface area contributed by atoms with Crippen LogP contribution >= 0.6 is 0 Å². The van der Waals surface area contributed by atoms with Gasteiger partial charge >= 0.3 is 5.97 Å². The fraction of sp³-hybridized carbons (Fsp3) is 0.929. The summed E-state index contributed by atoms with van der Waals surface area (Å²) in [7, 11) is 1.46. The Morgan fingerprint density at radius 3 is 2.11 bits per heavy atom. The van der Waals surface area contributed by atoms with Crippen LogP contribution in [-0.2, 0) is 9.53 Å². The first-order chi connectivity index (χ1) is 8.45. The van der Waals surface area contributed by atoms with Gasteiger partial charge in [0.15, 0.2) is 0 Å². The molecule has 0 aliphatic carbocycles. The first-order valence-corrected chi connectivity index (χ1v) is 7.00. The van der Waals surface area contributed by atoms with E-state index in [2.05, 4.69) is 30.6 Å². The van der Waals surface area contributed by atoms with Gasteiger partial charge in [0.05, 0.1) is 13.0 Å². The summed E-state index contributed by atoms with van der Waals surface area (Å²) in [6, 6.07) is 0.263. The molecule has 0 radical (unpaired) electrons. The Morgan fingerprint density at radius 1 is 1.11 bits per heavy atom. The Kier molecular flexibility index (Phi) is 6.09. The van der Waals surface area contributed by atoms with Crippen molar-refractivity contribution in [2.75, 3.05) is 39.8 Å². The van der Waals surface area contributed by atoms with E-state index in [1.54, 1.807) is 0 Å². The standard InChI is InChI=1S/C14H28N2O2/c1-11(2)10-15-6-8-16(9-7-15)13(4)12(3)14(17)18-5/h11-13H,6-10H2,1-5H3. The van der Waals surface area contributed by atoms with Crippen molar-refractivity contribution in [3.63, 3.8) is 0 Å². The number of carbonyl (C=O) groups excluding carboxylic acids is 1. The Balaban J connectivity index is 2.40. The summed E-state index contributed by atoms with van der Waals surface area (Å²) in [5, 5.41) is 0. The predicted octanol–water partition coefficient (Wildman–Crippen LogP) is 1.46. The van der Waals surface area contributed by atoms with Crippen molar-refractivity contribution in [3.8, 4) is 0 Å². The van der Waals surface area contributed by atoms with E-state index in [1.807, 2.05) is 6.92 Å². The van der Waals surface area contributed by atoms with Crippen LogP contribution in [0.3, 0.4) is 0 Å². The van der Waals surface area contributed by atoms with Crippen molar-refractivity contribution >= 4 is 5.97 Å². The van der Waals surface area contributed by atoms with Gasteiger partial charge < -0.3 is 9.64 Å². The van der Waals surface area contributed by atoms with Gasteiger partial charge in [-0.1, -0.05) is 20.8 Å². The van der Waals surface area contributed by atoms with Crippen LogP contribution in [-0.4, -0.2) is 61.6 Å². The van der Waals surface area contributed by atoms with Crippen LogP contribution in [0.2, 0.25) is 0 Å². The molecule has 1 aliphatic rings. The van der Waals surface area contributed by atoms with Crippen LogP contribution in [0.1, 0.15) is 27.7 Å². The quantitative estimate of drug-likeness (QED) is 0.697. The highest BCUT2D eigenvalue weighted by Crippen LogP contribution is 2.15. The van der Waals surface area contributed by atoms with E-state index in [9.17, 15) is 4.79 Å². The number of hydrogen-bond donors (Lipinski definition) is 0. The summed E-state index contributed by atoms with van der Waals surface area (Å²) >= 11 is 0. The number of nitrogens with zero attached hydrogens (tertiary/aromatic N) is 2. The second-order valence-electron chi connectivity index (χ2n) is 5.78. The van der Waals surface area contributed by atoms with Gasteiger partial charge in [-0.25, -0.2) is 0 Å². The molecule has 0 N–H and O–H groups in total. The molecule has 0 aromatic heterocycles. The number of carbonyl (C=O) groups is 1. The second-order valence-corrected chi connectivity index (χ2v) is 5.78. The third-order valence-corrected chi connectivity index (χ3v) is 3.90. The maximum Gasteiger partial charge on any atom is 0.309 e. The Labute approximate surface area is 111 Å². The maximum atomic E-state index is 11.5. The minimum Gasteiger partial charge on any atom is -0.469 e. The lowest BCUT2D eigenvalue weighted by molar-refractivity contribution is -0.147. The van der Waals surface area contributed by atoms with Crippen LogP contribution in [0.4, 0.5) is 0 Å². The number of piperazine rings is 1. The van der Waals surface area contributed by atoms with E-state index in [-0.39, 0.29) is 17.9 Å². The minimum absolute atomic E-state index is 0.0494. The van der Waals surface area contributed by atoms with E-state index in [0.717, 1.165) is 32.1 Å². The number of methoxy groups -OCH3 is 1. The Hall–Kier alpha value is -0.610. The normalized spacial score (nSPS) is 21.9. The molecule has 1 heterocycles. The van der Waals surface area contributed by atoms with Gasteiger partial charge in [0.2, 0.25) is 0 Å². The smallest absolute Gasteiger partial charge is 0.309 e. The highest BCUT2D eigenvalue weighted by molar-refractivity contribution is 5.72. The average molecular weight is 256 g/mol. The molecule has 1 rings (SSSR count). The first kappa shape index (κ1) is 15.4. The zero-order valence-electron chi connectivity index (χ0n) is 12.5. The summed E-state index contributed by atoms with van der Waals surface area (Å²) in [6.45, 7) is 14.1. The number of esters is 1. The summed E-state index contributed by atoms with van der Waals surface area (Å²) in [5.41, 5.74) is 0. The van der Waals surface area contributed by atoms with Crippen molar-refractivity contribution < 1.29 is 9.53 Å². The van der Waals surface area contributed by atoms with Crippen molar-refractivity contribution in [1.29, 1.82) is 0 Å². The molecule has 0 spiro atoms. The summed E-state index contributed by atoms with van der Waals surface area (Å²) in [5.74, 6) is 0.571. The first-order valence-electron chi connectivity index (χ1n) is 7.00. The second kappa shape index (κ2) is 7.10. The predicted molar refractivity (Wildman–Crippen MR) is 73.5 cm³/mol. The Bertz CT molecular complexity index is 261. The SMILES string of the molecule is COC(=O)C(C)C(C)N1CCN(CC(C)C)CC1. The van der Waals surface area contributed by atoms with E-state index >= 15 is 0 Å². The molecule has 4 heteroatoms. The molecule has 106 valence electrons. The van der Waals surface area contributed by atoms with Gasteiger partial charge in [-0.2, -0.15) is 0 Å². The van der Waals surface area contributed by atoms with Gasteiger partial charge in [0.25, 0.3) is 0 Å². The monoisotopic (exact) mass is 256 g/mol. The molecule has 0 saturated carbocycles. The zero-order valence-corrected chi connectivity index (χ0v) is 12.5. The fourth-order valence-electron chi connectivity index (χ4n) is 2.57. The van der Waals surface area contributed by atoms with Crippen LogP contribution in [0, 0.1) is 11.8 Å². The Morgan fingerprint density at radius 2 is 1.67 bits per heavy atom. The van der Waals surface area contributed by atoms with Crippen molar-refractivity contribution in [1.82, 2.24) is 9.80 Å². The molecule has 2 unspecified atom stereocenters. The van der Waals surface area contributed by atoms with Crippen molar-refractivity contribution in [2.24, 2.45) is 11.8 Å². The fourth-order valence-corrected chi connectivity index (χ4v) is 2.57. The van der Waals surface area contributed by atoms with Gasteiger partial charge in [-0.3, -0.25) is 9.69 Å². The molecule has 18 heavy (non-hydrogen) atoms. The highest BCUT2D eigenvalue weighted by Gasteiger charge is 2.28.